The molecule has 0 saturated heterocycles. The molecular formula is C18H16N4O3S. The maximum Gasteiger partial charge on any atom is 0.337 e. The summed E-state index contributed by atoms with van der Waals surface area (Å²) in [5.74, 6) is 1.70. The van der Waals surface area contributed by atoms with Crippen LogP contribution >= 0.6 is 11.3 Å². The van der Waals surface area contributed by atoms with Gasteiger partial charge in [-0.15, -0.1) is 6.42 Å². The standard InChI is InChI=1S/C18H16N4O3S/c1-5-8-22-13-7-6-12(17(24)25-4)9-14(13)26-18(22)19-16(23)15-11(2)10-21(3)20-15/h1,6-7,9-10H,8H2,2-4H3. The maximum atomic E-state index is 12.5. The van der Waals surface area contributed by atoms with Gasteiger partial charge in [-0.3, -0.25) is 9.48 Å². The van der Waals surface area contributed by atoms with Gasteiger partial charge in [0.1, 0.15) is 0 Å². The molecule has 7 nitrogen and oxygen atoms in total. The van der Waals surface area contributed by atoms with E-state index in [1.54, 1.807) is 47.6 Å². The Bertz CT molecular complexity index is 1130. The second-order valence-corrected chi connectivity index (χ2v) is 6.61. The first-order chi connectivity index (χ1) is 12.4. The van der Waals surface area contributed by atoms with E-state index in [1.807, 2.05) is 0 Å². The summed E-state index contributed by atoms with van der Waals surface area (Å²) >= 11 is 1.28. The Morgan fingerprint density at radius 2 is 2.19 bits per heavy atom. The summed E-state index contributed by atoms with van der Waals surface area (Å²) < 4.78 is 8.86. The number of carbonyl (C=O) groups is 2. The zero-order valence-corrected chi connectivity index (χ0v) is 15.3. The van der Waals surface area contributed by atoms with Crippen molar-refractivity contribution in [1.29, 1.82) is 0 Å². The first-order valence-corrected chi connectivity index (χ1v) is 8.50. The zero-order valence-electron chi connectivity index (χ0n) is 14.5. The molecule has 2 heterocycles. The monoisotopic (exact) mass is 368 g/mol. The number of ether oxygens (including phenoxy) is 1. The van der Waals surface area contributed by atoms with Crippen LogP contribution in [0.5, 0.6) is 0 Å². The third-order valence-electron chi connectivity index (χ3n) is 3.76. The number of methoxy groups -OCH3 is 1. The van der Waals surface area contributed by atoms with E-state index < -0.39 is 11.9 Å². The fourth-order valence-electron chi connectivity index (χ4n) is 2.61. The molecule has 8 heteroatoms. The number of esters is 1. The van der Waals surface area contributed by atoms with Crippen molar-refractivity contribution in [3.05, 3.63) is 46.0 Å². The number of aromatic nitrogens is 3. The molecule has 2 aromatic heterocycles. The third kappa shape index (κ3) is 3.17. The minimum atomic E-state index is -0.436. The van der Waals surface area contributed by atoms with E-state index in [1.165, 1.54) is 18.4 Å². The molecule has 0 radical (unpaired) electrons. The van der Waals surface area contributed by atoms with Crippen LogP contribution < -0.4 is 4.80 Å². The number of thiazole rings is 1. The van der Waals surface area contributed by atoms with Crippen molar-refractivity contribution >= 4 is 33.4 Å². The van der Waals surface area contributed by atoms with Crippen LogP contribution in [0.15, 0.2) is 29.4 Å². The average molecular weight is 368 g/mol. The molecule has 26 heavy (non-hydrogen) atoms. The highest BCUT2D eigenvalue weighted by Crippen LogP contribution is 2.20. The van der Waals surface area contributed by atoms with Crippen molar-refractivity contribution in [2.24, 2.45) is 12.0 Å². The summed E-state index contributed by atoms with van der Waals surface area (Å²) in [5, 5.41) is 4.15. The molecule has 0 saturated carbocycles. The number of aryl methyl sites for hydroxylation is 2. The van der Waals surface area contributed by atoms with Crippen molar-refractivity contribution in [2.75, 3.05) is 7.11 Å². The fourth-order valence-corrected chi connectivity index (χ4v) is 3.67. The highest BCUT2D eigenvalue weighted by Gasteiger charge is 2.15. The van der Waals surface area contributed by atoms with Crippen molar-refractivity contribution in [1.82, 2.24) is 14.3 Å². The second-order valence-electron chi connectivity index (χ2n) is 5.60. The molecule has 0 bridgehead atoms. The molecule has 3 rings (SSSR count). The SMILES string of the molecule is C#CCn1c(=NC(=O)c2nn(C)cc2C)sc2cc(C(=O)OC)ccc21. The van der Waals surface area contributed by atoms with Gasteiger partial charge in [-0.05, 0) is 25.1 Å². The van der Waals surface area contributed by atoms with Crippen LogP contribution in [-0.4, -0.2) is 33.3 Å². The molecule has 0 aliphatic rings. The molecule has 132 valence electrons. The summed E-state index contributed by atoms with van der Waals surface area (Å²) in [6.45, 7) is 2.06. The highest BCUT2D eigenvalue weighted by atomic mass is 32.1. The van der Waals surface area contributed by atoms with Crippen molar-refractivity contribution in [2.45, 2.75) is 13.5 Å². The van der Waals surface area contributed by atoms with Gasteiger partial charge in [0, 0.05) is 18.8 Å². The van der Waals surface area contributed by atoms with Crippen molar-refractivity contribution in [3.8, 4) is 12.3 Å². The Morgan fingerprint density at radius 3 is 2.81 bits per heavy atom. The molecule has 1 aromatic carbocycles. The molecule has 0 aliphatic heterocycles. The van der Waals surface area contributed by atoms with Crippen molar-refractivity contribution in [3.63, 3.8) is 0 Å². The van der Waals surface area contributed by atoms with E-state index in [0.29, 0.717) is 16.1 Å². The molecule has 0 unspecified atom stereocenters. The van der Waals surface area contributed by atoms with Crippen LogP contribution in [0.4, 0.5) is 0 Å². The summed E-state index contributed by atoms with van der Waals surface area (Å²) in [6, 6.07) is 5.13. The molecular weight excluding hydrogens is 352 g/mol. The quantitative estimate of drug-likeness (QED) is 0.523. The van der Waals surface area contributed by atoms with Crippen LogP contribution in [0.25, 0.3) is 10.2 Å². The summed E-state index contributed by atoms with van der Waals surface area (Å²) in [7, 11) is 3.07. The number of benzene rings is 1. The van der Waals surface area contributed by atoms with E-state index in [0.717, 1.165) is 15.8 Å². The molecule has 0 aliphatic carbocycles. The molecule has 0 N–H and O–H groups in total. The lowest BCUT2D eigenvalue weighted by Gasteiger charge is -2.01. The number of carbonyl (C=O) groups excluding carboxylic acids is 2. The second kappa shape index (κ2) is 6.98. The van der Waals surface area contributed by atoms with Gasteiger partial charge in [0.05, 0.1) is 29.4 Å². The largest absolute Gasteiger partial charge is 0.465 e. The predicted molar refractivity (Wildman–Crippen MR) is 97.8 cm³/mol. The number of hydrogen-bond acceptors (Lipinski definition) is 5. The van der Waals surface area contributed by atoms with E-state index in [9.17, 15) is 9.59 Å². The molecule has 0 spiro atoms. The maximum absolute atomic E-state index is 12.5. The number of rotatable bonds is 3. The molecule has 0 atom stereocenters. The van der Waals surface area contributed by atoms with E-state index >= 15 is 0 Å². The van der Waals surface area contributed by atoms with E-state index in [-0.39, 0.29) is 6.54 Å². The number of nitrogens with zero attached hydrogens (tertiary/aromatic N) is 4. The van der Waals surface area contributed by atoms with Crippen LogP contribution in [0, 0.1) is 19.3 Å². The van der Waals surface area contributed by atoms with Crippen molar-refractivity contribution < 1.29 is 14.3 Å². The molecule has 0 fully saturated rings. The van der Waals surface area contributed by atoms with Crippen LogP contribution in [-0.2, 0) is 18.3 Å². The van der Waals surface area contributed by atoms with E-state index in [2.05, 4.69) is 16.0 Å². The zero-order chi connectivity index (χ0) is 18.8. The van der Waals surface area contributed by atoms with Gasteiger partial charge in [-0.1, -0.05) is 17.3 Å². The lowest BCUT2D eigenvalue weighted by Crippen LogP contribution is -2.17. The van der Waals surface area contributed by atoms with Gasteiger partial charge in [-0.25, -0.2) is 4.79 Å². The Balaban J connectivity index is 2.16. The summed E-state index contributed by atoms with van der Waals surface area (Å²) in [5.41, 5.74) is 2.27. The smallest absolute Gasteiger partial charge is 0.337 e. The Labute approximate surface area is 153 Å². The minimum Gasteiger partial charge on any atom is -0.465 e. The van der Waals surface area contributed by atoms with E-state index in [4.69, 9.17) is 11.2 Å². The van der Waals surface area contributed by atoms with Gasteiger partial charge in [-0.2, -0.15) is 10.1 Å². The molecule has 3 aromatic rings. The lowest BCUT2D eigenvalue weighted by atomic mass is 10.2. The fraction of sp³-hybridized carbons (Fsp3) is 0.222. The van der Waals surface area contributed by atoms with Gasteiger partial charge in [0.2, 0.25) is 0 Å². The topological polar surface area (TPSA) is 78.5 Å². The van der Waals surface area contributed by atoms with Crippen LogP contribution in [0.3, 0.4) is 0 Å². The van der Waals surface area contributed by atoms with Gasteiger partial charge in [0.15, 0.2) is 10.5 Å². The van der Waals surface area contributed by atoms with Gasteiger partial charge < -0.3 is 9.30 Å². The first kappa shape index (κ1) is 17.6. The number of amides is 1. The van der Waals surface area contributed by atoms with Gasteiger partial charge in [0.25, 0.3) is 5.91 Å². The molecule has 1 amide bonds. The van der Waals surface area contributed by atoms with Crippen LogP contribution in [0.2, 0.25) is 0 Å². The lowest BCUT2D eigenvalue weighted by molar-refractivity contribution is 0.0601. The summed E-state index contributed by atoms with van der Waals surface area (Å²) in [4.78, 5) is 28.9. The minimum absolute atomic E-state index is 0.255. The average Bonchev–Trinajstić information content (AvgIpc) is 3.13. The Hall–Kier alpha value is -3.18. The third-order valence-corrected chi connectivity index (χ3v) is 4.81. The number of terminal acetylenes is 1. The van der Waals surface area contributed by atoms with Gasteiger partial charge >= 0.3 is 5.97 Å². The first-order valence-electron chi connectivity index (χ1n) is 7.69. The predicted octanol–water partition coefficient (Wildman–Crippen LogP) is 1.91. The summed E-state index contributed by atoms with van der Waals surface area (Å²) in [6.07, 6.45) is 7.22. The normalized spacial score (nSPS) is 11.5. The van der Waals surface area contributed by atoms with Crippen LogP contribution in [0.1, 0.15) is 26.4 Å². The Morgan fingerprint density at radius 1 is 1.42 bits per heavy atom. The highest BCUT2D eigenvalue weighted by molar-refractivity contribution is 7.16. The Kier molecular flexibility index (Phi) is 4.73. The number of hydrogen-bond donors (Lipinski definition) is 0. The number of fused-ring (bicyclic) bond motifs is 1.